The van der Waals surface area contributed by atoms with Crippen molar-refractivity contribution in [3.8, 4) is 11.5 Å². The molecule has 0 radical (unpaired) electrons. The standard InChI is InChI=1S/C20H24BrNO3/c1-4-11-25-19-16(21)12-15(13-18(19)24-6-3)20(23)22-17-10-8-7-9-14(17)5-2/h7-10,12-13H,4-6,11H2,1-3H3,(H,22,23). The highest BCUT2D eigenvalue weighted by Gasteiger charge is 2.16. The molecule has 1 amide bonds. The van der Waals surface area contributed by atoms with Crippen molar-refractivity contribution in [2.45, 2.75) is 33.6 Å². The summed E-state index contributed by atoms with van der Waals surface area (Å²) >= 11 is 3.50. The van der Waals surface area contributed by atoms with Gasteiger partial charge < -0.3 is 14.8 Å². The number of nitrogens with one attached hydrogen (secondary N) is 1. The zero-order valence-corrected chi connectivity index (χ0v) is 16.5. The summed E-state index contributed by atoms with van der Waals surface area (Å²) in [5, 5.41) is 2.98. The molecule has 0 aromatic heterocycles. The first-order valence-corrected chi connectivity index (χ1v) is 9.38. The van der Waals surface area contributed by atoms with Crippen LogP contribution in [0.1, 0.15) is 43.1 Å². The number of aryl methyl sites for hydroxylation is 1. The van der Waals surface area contributed by atoms with E-state index < -0.39 is 0 Å². The van der Waals surface area contributed by atoms with Gasteiger partial charge in [0.05, 0.1) is 17.7 Å². The van der Waals surface area contributed by atoms with Crippen LogP contribution in [0.25, 0.3) is 0 Å². The summed E-state index contributed by atoms with van der Waals surface area (Å²) in [4.78, 5) is 12.7. The van der Waals surface area contributed by atoms with Crippen molar-refractivity contribution in [1.29, 1.82) is 0 Å². The number of ether oxygens (including phenoxy) is 2. The molecule has 0 bridgehead atoms. The minimum absolute atomic E-state index is 0.176. The van der Waals surface area contributed by atoms with Gasteiger partial charge in [-0.2, -0.15) is 0 Å². The van der Waals surface area contributed by atoms with Gasteiger partial charge in [-0.1, -0.05) is 32.0 Å². The van der Waals surface area contributed by atoms with Crippen molar-refractivity contribution in [2.75, 3.05) is 18.5 Å². The zero-order chi connectivity index (χ0) is 18.2. The molecule has 1 N–H and O–H groups in total. The van der Waals surface area contributed by atoms with E-state index in [4.69, 9.17) is 9.47 Å². The van der Waals surface area contributed by atoms with Gasteiger partial charge in [-0.25, -0.2) is 0 Å². The van der Waals surface area contributed by atoms with E-state index in [1.165, 1.54) is 0 Å². The summed E-state index contributed by atoms with van der Waals surface area (Å²) < 4.78 is 12.1. The Bertz CT molecular complexity index is 731. The van der Waals surface area contributed by atoms with E-state index in [1.54, 1.807) is 12.1 Å². The van der Waals surface area contributed by atoms with Gasteiger partial charge in [0.25, 0.3) is 5.91 Å². The van der Waals surface area contributed by atoms with Crippen LogP contribution in [0.5, 0.6) is 11.5 Å². The monoisotopic (exact) mass is 405 g/mol. The van der Waals surface area contributed by atoms with Crippen LogP contribution in [0.4, 0.5) is 5.69 Å². The van der Waals surface area contributed by atoms with Crippen molar-refractivity contribution in [1.82, 2.24) is 0 Å². The van der Waals surface area contributed by atoms with Gasteiger partial charge in [-0.3, -0.25) is 4.79 Å². The Morgan fingerprint density at radius 2 is 1.88 bits per heavy atom. The molecule has 0 aliphatic carbocycles. The van der Waals surface area contributed by atoms with E-state index in [0.29, 0.717) is 34.7 Å². The Morgan fingerprint density at radius 3 is 2.56 bits per heavy atom. The second-order valence-electron chi connectivity index (χ2n) is 5.53. The van der Waals surface area contributed by atoms with Gasteiger partial charge in [-0.05, 0) is 59.5 Å². The normalized spacial score (nSPS) is 10.4. The van der Waals surface area contributed by atoms with Gasteiger partial charge in [0, 0.05) is 11.3 Å². The van der Waals surface area contributed by atoms with Crippen LogP contribution >= 0.6 is 15.9 Å². The van der Waals surface area contributed by atoms with E-state index in [1.807, 2.05) is 38.1 Å². The molecule has 0 spiro atoms. The molecule has 2 rings (SSSR count). The molecule has 0 heterocycles. The van der Waals surface area contributed by atoms with Crippen molar-refractivity contribution in [3.63, 3.8) is 0 Å². The van der Waals surface area contributed by atoms with Crippen molar-refractivity contribution >= 4 is 27.5 Å². The maximum atomic E-state index is 12.7. The maximum absolute atomic E-state index is 12.7. The molecule has 4 nitrogen and oxygen atoms in total. The molecule has 0 aliphatic heterocycles. The van der Waals surface area contributed by atoms with Crippen molar-refractivity contribution < 1.29 is 14.3 Å². The fraction of sp³-hybridized carbons (Fsp3) is 0.350. The third-order valence-electron chi connectivity index (χ3n) is 3.67. The number of rotatable bonds is 8. The van der Waals surface area contributed by atoms with Crippen LogP contribution in [0, 0.1) is 0 Å². The lowest BCUT2D eigenvalue weighted by Crippen LogP contribution is -2.14. The average molecular weight is 406 g/mol. The summed E-state index contributed by atoms with van der Waals surface area (Å²) in [5.41, 5.74) is 2.45. The smallest absolute Gasteiger partial charge is 0.255 e. The minimum Gasteiger partial charge on any atom is -0.490 e. The number of hydrogen-bond donors (Lipinski definition) is 1. The number of carbonyl (C=O) groups is 1. The number of halogens is 1. The first-order chi connectivity index (χ1) is 12.1. The van der Waals surface area contributed by atoms with E-state index in [0.717, 1.165) is 24.1 Å². The van der Waals surface area contributed by atoms with E-state index in [9.17, 15) is 4.79 Å². The van der Waals surface area contributed by atoms with E-state index in [2.05, 4.69) is 28.2 Å². The Hall–Kier alpha value is -2.01. The molecule has 5 heteroatoms. The van der Waals surface area contributed by atoms with Crippen LogP contribution in [0.3, 0.4) is 0 Å². The van der Waals surface area contributed by atoms with Gasteiger partial charge >= 0.3 is 0 Å². The van der Waals surface area contributed by atoms with Crippen LogP contribution in [-0.4, -0.2) is 19.1 Å². The number of hydrogen-bond acceptors (Lipinski definition) is 3. The molecule has 25 heavy (non-hydrogen) atoms. The Balaban J connectivity index is 2.30. The fourth-order valence-electron chi connectivity index (χ4n) is 2.45. The predicted molar refractivity (Wildman–Crippen MR) is 105 cm³/mol. The molecule has 0 saturated carbocycles. The second kappa shape index (κ2) is 9.47. The Labute approximate surface area is 157 Å². The van der Waals surface area contributed by atoms with Crippen LogP contribution < -0.4 is 14.8 Å². The quantitative estimate of drug-likeness (QED) is 0.634. The molecule has 0 unspecified atom stereocenters. The largest absolute Gasteiger partial charge is 0.490 e. The van der Waals surface area contributed by atoms with Gasteiger partial charge in [-0.15, -0.1) is 0 Å². The SMILES string of the molecule is CCCOc1c(Br)cc(C(=O)Nc2ccccc2CC)cc1OCC. The summed E-state index contributed by atoms with van der Waals surface area (Å²) in [6, 6.07) is 11.3. The average Bonchev–Trinajstić information content (AvgIpc) is 2.61. The number of anilines is 1. The number of para-hydroxylation sites is 1. The lowest BCUT2D eigenvalue weighted by molar-refractivity contribution is 0.102. The van der Waals surface area contributed by atoms with Gasteiger partial charge in [0.1, 0.15) is 0 Å². The minimum atomic E-state index is -0.176. The third kappa shape index (κ3) is 4.98. The molecule has 134 valence electrons. The van der Waals surface area contributed by atoms with Gasteiger partial charge in [0.15, 0.2) is 11.5 Å². The highest BCUT2D eigenvalue weighted by molar-refractivity contribution is 9.10. The maximum Gasteiger partial charge on any atom is 0.255 e. The molecule has 0 saturated heterocycles. The summed E-state index contributed by atoms with van der Waals surface area (Å²) in [7, 11) is 0. The molecule has 0 atom stereocenters. The topological polar surface area (TPSA) is 47.6 Å². The third-order valence-corrected chi connectivity index (χ3v) is 4.26. The first-order valence-electron chi connectivity index (χ1n) is 8.59. The Morgan fingerprint density at radius 1 is 1.12 bits per heavy atom. The zero-order valence-electron chi connectivity index (χ0n) is 14.9. The number of benzene rings is 2. The molecule has 0 aliphatic rings. The Kier molecular flexibility index (Phi) is 7.31. The van der Waals surface area contributed by atoms with E-state index >= 15 is 0 Å². The van der Waals surface area contributed by atoms with Crippen LogP contribution in [0.2, 0.25) is 0 Å². The number of carbonyl (C=O) groups excluding carboxylic acids is 1. The summed E-state index contributed by atoms with van der Waals surface area (Å²) in [6.45, 7) is 7.10. The second-order valence-corrected chi connectivity index (χ2v) is 6.39. The summed E-state index contributed by atoms with van der Waals surface area (Å²) in [6.07, 6.45) is 1.75. The highest BCUT2D eigenvalue weighted by Crippen LogP contribution is 2.37. The lowest BCUT2D eigenvalue weighted by atomic mass is 10.1. The van der Waals surface area contributed by atoms with Crippen molar-refractivity contribution in [3.05, 3.63) is 52.0 Å². The van der Waals surface area contributed by atoms with E-state index in [-0.39, 0.29) is 5.91 Å². The fourth-order valence-corrected chi connectivity index (χ4v) is 3.01. The molecule has 0 fully saturated rings. The first kappa shape index (κ1) is 19.3. The van der Waals surface area contributed by atoms with Crippen LogP contribution in [0.15, 0.2) is 40.9 Å². The summed E-state index contributed by atoms with van der Waals surface area (Å²) in [5.74, 6) is 1.03. The molecule has 2 aromatic rings. The lowest BCUT2D eigenvalue weighted by Gasteiger charge is -2.15. The van der Waals surface area contributed by atoms with Crippen LogP contribution in [-0.2, 0) is 6.42 Å². The number of amides is 1. The van der Waals surface area contributed by atoms with Gasteiger partial charge in [0.2, 0.25) is 0 Å². The molecular formula is C20H24BrNO3. The predicted octanol–water partition coefficient (Wildman–Crippen LogP) is 5.45. The van der Waals surface area contributed by atoms with Crippen molar-refractivity contribution in [2.24, 2.45) is 0 Å². The molecule has 2 aromatic carbocycles. The highest BCUT2D eigenvalue weighted by atomic mass is 79.9. The molecular weight excluding hydrogens is 382 g/mol.